The third-order valence-electron chi connectivity index (χ3n) is 2.86. The van der Waals surface area contributed by atoms with Crippen molar-refractivity contribution in [1.29, 1.82) is 0 Å². The molecule has 5 nitrogen and oxygen atoms in total. The lowest BCUT2D eigenvalue weighted by molar-refractivity contribution is 0.102. The maximum atomic E-state index is 12.1. The van der Waals surface area contributed by atoms with Gasteiger partial charge in [0, 0.05) is 10.8 Å². The summed E-state index contributed by atoms with van der Waals surface area (Å²) in [5.41, 5.74) is 0.558. The van der Waals surface area contributed by atoms with Crippen LogP contribution < -0.4 is 10.1 Å². The van der Waals surface area contributed by atoms with Gasteiger partial charge in [-0.2, -0.15) is 0 Å². The van der Waals surface area contributed by atoms with Gasteiger partial charge in [-0.1, -0.05) is 36.9 Å². The minimum atomic E-state index is -0.200. The number of thioether (sulfide) groups is 1. The van der Waals surface area contributed by atoms with Crippen molar-refractivity contribution in [3.05, 3.63) is 29.8 Å². The fourth-order valence-corrected chi connectivity index (χ4v) is 3.47. The van der Waals surface area contributed by atoms with E-state index in [2.05, 4.69) is 29.4 Å². The summed E-state index contributed by atoms with van der Waals surface area (Å²) in [5.74, 6) is 0.517. The monoisotopic (exact) mass is 323 g/mol. The predicted molar refractivity (Wildman–Crippen MR) is 86.5 cm³/mol. The maximum absolute atomic E-state index is 12.1. The Hall–Kier alpha value is -1.60. The van der Waals surface area contributed by atoms with Crippen LogP contribution in [0.15, 0.2) is 28.6 Å². The molecule has 21 heavy (non-hydrogen) atoms. The van der Waals surface area contributed by atoms with Gasteiger partial charge in [0.15, 0.2) is 4.34 Å². The van der Waals surface area contributed by atoms with Gasteiger partial charge in [0.2, 0.25) is 5.13 Å². The van der Waals surface area contributed by atoms with Gasteiger partial charge in [-0.15, -0.1) is 10.2 Å². The molecule has 1 amide bonds. The molecule has 1 N–H and O–H groups in total. The summed E-state index contributed by atoms with van der Waals surface area (Å²) in [6, 6.07) is 6.92. The van der Waals surface area contributed by atoms with Crippen molar-refractivity contribution in [3.63, 3.8) is 0 Å². The molecule has 0 saturated carbocycles. The van der Waals surface area contributed by atoms with Gasteiger partial charge in [0.1, 0.15) is 5.75 Å². The summed E-state index contributed by atoms with van der Waals surface area (Å²) in [5, 5.41) is 11.8. The summed E-state index contributed by atoms with van der Waals surface area (Å²) in [6.45, 7) is 4.27. The van der Waals surface area contributed by atoms with Crippen LogP contribution in [0.1, 0.15) is 30.6 Å². The number of benzene rings is 1. The van der Waals surface area contributed by atoms with Crippen molar-refractivity contribution in [3.8, 4) is 5.75 Å². The molecular formula is C14H17N3O2S2. The molecular weight excluding hydrogens is 306 g/mol. The van der Waals surface area contributed by atoms with E-state index in [0.29, 0.717) is 15.9 Å². The molecule has 0 aliphatic carbocycles. The van der Waals surface area contributed by atoms with Crippen LogP contribution in [0.5, 0.6) is 5.75 Å². The van der Waals surface area contributed by atoms with Gasteiger partial charge in [0.25, 0.3) is 5.91 Å². The zero-order chi connectivity index (χ0) is 15.2. The van der Waals surface area contributed by atoms with E-state index in [1.807, 2.05) is 0 Å². The first-order valence-corrected chi connectivity index (χ1v) is 8.27. The first kappa shape index (κ1) is 15.8. The standard InChI is InChI=1S/C14H17N3O2S2/c1-4-9(2)20-14-17-16-13(21-14)15-12(18)10-5-7-11(19-3)8-6-10/h5-9H,4H2,1-3H3,(H,15,16,18). The Morgan fingerprint density at radius 3 is 2.71 bits per heavy atom. The number of methoxy groups -OCH3 is 1. The molecule has 1 heterocycles. The average molecular weight is 323 g/mol. The van der Waals surface area contributed by atoms with Gasteiger partial charge >= 0.3 is 0 Å². The quantitative estimate of drug-likeness (QED) is 0.649. The second-order valence-corrected chi connectivity index (χ2v) is 7.06. The Morgan fingerprint density at radius 2 is 2.10 bits per heavy atom. The summed E-state index contributed by atoms with van der Waals surface area (Å²) in [6.07, 6.45) is 1.07. The predicted octanol–water partition coefficient (Wildman–Crippen LogP) is 3.69. The van der Waals surface area contributed by atoms with Crippen LogP contribution in [-0.4, -0.2) is 28.5 Å². The van der Waals surface area contributed by atoms with E-state index < -0.39 is 0 Å². The average Bonchev–Trinajstić information content (AvgIpc) is 2.94. The molecule has 7 heteroatoms. The summed E-state index contributed by atoms with van der Waals surface area (Å²) >= 11 is 3.06. The molecule has 0 saturated heterocycles. The van der Waals surface area contributed by atoms with Crippen molar-refractivity contribution in [2.75, 3.05) is 12.4 Å². The number of nitrogens with one attached hydrogen (secondary N) is 1. The first-order chi connectivity index (χ1) is 10.1. The number of nitrogens with zero attached hydrogens (tertiary/aromatic N) is 2. The molecule has 0 bridgehead atoms. The second kappa shape index (κ2) is 7.42. The highest BCUT2D eigenvalue weighted by Gasteiger charge is 2.12. The maximum Gasteiger partial charge on any atom is 0.257 e. The molecule has 0 radical (unpaired) electrons. The van der Waals surface area contributed by atoms with Crippen molar-refractivity contribution in [1.82, 2.24) is 10.2 Å². The normalized spacial score (nSPS) is 12.0. The molecule has 1 atom stereocenters. The fraction of sp³-hybridized carbons (Fsp3) is 0.357. The molecule has 112 valence electrons. The Kier molecular flexibility index (Phi) is 5.58. The largest absolute Gasteiger partial charge is 0.497 e. The molecule has 2 rings (SSSR count). The van der Waals surface area contributed by atoms with Crippen LogP contribution in [0, 0.1) is 0 Å². The van der Waals surface area contributed by atoms with Crippen LogP contribution in [0.25, 0.3) is 0 Å². The van der Waals surface area contributed by atoms with Crippen LogP contribution in [0.3, 0.4) is 0 Å². The number of hydrogen-bond acceptors (Lipinski definition) is 6. The van der Waals surface area contributed by atoms with Crippen molar-refractivity contribution < 1.29 is 9.53 Å². The third-order valence-corrected chi connectivity index (χ3v) is 5.05. The molecule has 0 aliphatic rings. The van der Waals surface area contributed by atoms with E-state index in [9.17, 15) is 4.79 Å². The molecule has 2 aromatic rings. The van der Waals surface area contributed by atoms with Crippen molar-refractivity contribution in [2.45, 2.75) is 29.9 Å². The van der Waals surface area contributed by atoms with Gasteiger partial charge in [-0.3, -0.25) is 10.1 Å². The highest BCUT2D eigenvalue weighted by Crippen LogP contribution is 2.30. The molecule has 0 spiro atoms. The Bertz CT molecular complexity index is 599. The van der Waals surface area contributed by atoms with E-state index in [0.717, 1.165) is 16.5 Å². The minimum absolute atomic E-state index is 0.200. The smallest absolute Gasteiger partial charge is 0.257 e. The minimum Gasteiger partial charge on any atom is -0.497 e. The van der Waals surface area contributed by atoms with Gasteiger partial charge < -0.3 is 4.74 Å². The number of carbonyl (C=O) groups is 1. The summed E-state index contributed by atoms with van der Waals surface area (Å²) in [7, 11) is 1.59. The van der Waals surface area contributed by atoms with Crippen molar-refractivity contribution >= 4 is 34.1 Å². The topological polar surface area (TPSA) is 64.1 Å². The van der Waals surface area contributed by atoms with E-state index >= 15 is 0 Å². The second-order valence-electron chi connectivity index (χ2n) is 4.39. The zero-order valence-electron chi connectivity index (χ0n) is 12.1. The van der Waals surface area contributed by atoms with E-state index in [1.165, 1.54) is 11.3 Å². The number of aromatic nitrogens is 2. The SMILES string of the molecule is CCC(C)Sc1nnc(NC(=O)c2ccc(OC)cc2)s1. The first-order valence-electron chi connectivity index (χ1n) is 6.58. The highest BCUT2D eigenvalue weighted by molar-refractivity contribution is 8.01. The zero-order valence-corrected chi connectivity index (χ0v) is 13.8. The number of amides is 1. The summed E-state index contributed by atoms with van der Waals surface area (Å²) in [4.78, 5) is 12.1. The van der Waals surface area contributed by atoms with E-state index in [-0.39, 0.29) is 5.91 Å². The van der Waals surface area contributed by atoms with Gasteiger partial charge in [-0.25, -0.2) is 0 Å². The van der Waals surface area contributed by atoms with Crippen LogP contribution in [0.2, 0.25) is 0 Å². The molecule has 1 aromatic carbocycles. The van der Waals surface area contributed by atoms with Crippen LogP contribution in [0.4, 0.5) is 5.13 Å². The number of anilines is 1. The molecule has 1 aromatic heterocycles. The van der Waals surface area contributed by atoms with Crippen LogP contribution >= 0.6 is 23.1 Å². The highest BCUT2D eigenvalue weighted by atomic mass is 32.2. The lowest BCUT2D eigenvalue weighted by atomic mass is 10.2. The third kappa shape index (κ3) is 4.44. The Morgan fingerprint density at radius 1 is 1.38 bits per heavy atom. The number of ether oxygens (including phenoxy) is 1. The Balaban J connectivity index is 1.98. The number of rotatable bonds is 6. The lowest BCUT2D eigenvalue weighted by Gasteiger charge is -2.03. The fourth-order valence-electron chi connectivity index (χ4n) is 1.48. The molecule has 0 aliphatic heterocycles. The molecule has 0 fully saturated rings. The molecule has 1 unspecified atom stereocenters. The van der Waals surface area contributed by atoms with Gasteiger partial charge in [0.05, 0.1) is 7.11 Å². The Labute approximate surface area is 132 Å². The van der Waals surface area contributed by atoms with Crippen molar-refractivity contribution in [2.24, 2.45) is 0 Å². The van der Waals surface area contributed by atoms with Gasteiger partial charge in [-0.05, 0) is 30.7 Å². The van der Waals surface area contributed by atoms with Crippen LogP contribution in [-0.2, 0) is 0 Å². The van der Waals surface area contributed by atoms with E-state index in [4.69, 9.17) is 4.74 Å². The lowest BCUT2D eigenvalue weighted by Crippen LogP contribution is -2.11. The summed E-state index contributed by atoms with van der Waals surface area (Å²) < 4.78 is 5.93. The number of hydrogen-bond donors (Lipinski definition) is 1. The number of carbonyl (C=O) groups excluding carboxylic acids is 1. The van der Waals surface area contributed by atoms with E-state index in [1.54, 1.807) is 43.1 Å².